The Balaban J connectivity index is 1.40. The summed E-state index contributed by atoms with van der Waals surface area (Å²) in [5.74, 6) is -0.834. The minimum Gasteiger partial charge on any atom is -0.331 e. The van der Waals surface area contributed by atoms with E-state index in [0.29, 0.717) is 11.3 Å². The Labute approximate surface area is 209 Å². The number of carbonyl (C=O) groups is 3. The van der Waals surface area contributed by atoms with Crippen LogP contribution in [0.25, 0.3) is 10.8 Å². The number of aromatic nitrogens is 1. The minimum atomic E-state index is -1.26. The van der Waals surface area contributed by atoms with Crippen LogP contribution in [0.4, 0.5) is 4.79 Å². The van der Waals surface area contributed by atoms with Crippen molar-refractivity contribution in [1.82, 2.24) is 20.1 Å². The van der Waals surface area contributed by atoms with E-state index in [1.807, 2.05) is 91.0 Å². The Hall–Kier alpha value is -4.52. The summed E-state index contributed by atoms with van der Waals surface area (Å²) in [5.41, 5.74) is 0.973. The molecule has 5 rings (SSSR count). The molecule has 4 amide bonds. The van der Waals surface area contributed by atoms with Crippen molar-refractivity contribution in [2.75, 3.05) is 13.6 Å². The Morgan fingerprint density at radius 3 is 2.36 bits per heavy atom. The Bertz CT molecular complexity index is 1400. The fourth-order valence-electron chi connectivity index (χ4n) is 4.69. The number of nitrogens with zero attached hydrogens (tertiary/aromatic N) is 3. The van der Waals surface area contributed by atoms with Crippen LogP contribution in [-0.4, -0.2) is 46.2 Å². The molecule has 4 aromatic rings. The lowest BCUT2D eigenvalue weighted by Crippen LogP contribution is -2.44. The summed E-state index contributed by atoms with van der Waals surface area (Å²) >= 11 is 0. The number of fused-ring (bicyclic) bond motifs is 1. The number of pyridine rings is 1. The van der Waals surface area contributed by atoms with Crippen LogP contribution in [-0.2, 0) is 15.1 Å². The van der Waals surface area contributed by atoms with Crippen LogP contribution in [0.15, 0.2) is 97.2 Å². The molecule has 1 aromatic heterocycles. The van der Waals surface area contributed by atoms with Gasteiger partial charge in [-0.15, -0.1) is 0 Å². The molecule has 2 unspecified atom stereocenters. The molecule has 180 valence electrons. The maximum Gasteiger partial charge on any atom is 0.325 e. The molecule has 0 spiro atoms. The lowest BCUT2D eigenvalue weighted by Gasteiger charge is -2.29. The first-order valence-corrected chi connectivity index (χ1v) is 11.7. The fraction of sp³-hybridized carbons (Fsp3) is 0.172. The number of benzene rings is 3. The van der Waals surface area contributed by atoms with Crippen molar-refractivity contribution in [3.8, 4) is 0 Å². The third kappa shape index (κ3) is 4.09. The smallest absolute Gasteiger partial charge is 0.325 e. The zero-order valence-corrected chi connectivity index (χ0v) is 20.1. The first kappa shape index (κ1) is 23.2. The van der Waals surface area contributed by atoms with Crippen molar-refractivity contribution >= 4 is 28.6 Å². The molecule has 36 heavy (non-hydrogen) atoms. The van der Waals surface area contributed by atoms with Gasteiger partial charge in [-0.2, -0.15) is 0 Å². The number of hydrogen-bond acceptors (Lipinski definition) is 4. The van der Waals surface area contributed by atoms with Gasteiger partial charge < -0.3 is 10.2 Å². The summed E-state index contributed by atoms with van der Waals surface area (Å²) in [4.78, 5) is 46.8. The summed E-state index contributed by atoms with van der Waals surface area (Å²) in [5, 5.41) is 4.81. The number of urea groups is 1. The first-order valence-electron chi connectivity index (χ1n) is 11.7. The van der Waals surface area contributed by atoms with Gasteiger partial charge in [0, 0.05) is 13.2 Å². The molecule has 7 nitrogen and oxygen atoms in total. The molecule has 7 heteroatoms. The predicted molar refractivity (Wildman–Crippen MR) is 137 cm³/mol. The molecular formula is C29H26N4O3. The summed E-state index contributed by atoms with van der Waals surface area (Å²) < 4.78 is 0. The normalized spacial score (nSPS) is 18.2. The largest absolute Gasteiger partial charge is 0.331 e. The molecule has 0 saturated carbocycles. The Kier molecular flexibility index (Phi) is 5.98. The van der Waals surface area contributed by atoms with Crippen molar-refractivity contribution in [3.63, 3.8) is 0 Å². The summed E-state index contributed by atoms with van der Waals surface area (Å²) in [7, 11) is 1.66. The average Bonchev–Trinajstić information content (AvgIpc) is 3.13. The number of amides is 4. The second-order valence-electron chi connectivity index (χ2n) is 9.08. The van der Waals surface area contributed by atoms with Gasteiger partial charge >= 0.3 is 6.03 Å². The standard InChI is InChI=1S/C29H26N4O3/c1-29(23-16-15-20-10-6-7-13-22(20)18-23)27(35)33(28(36)31-29)19-25(34)32(2)26(21-11-4-3-5-12-21)24-14-8-9-17-30-24/h3-18,26H,19H2,1-2H3,(H,31,36). The summed E-state index contributed by atoms with van der Waals surface area (Å²) in [6, 6.07) is 27.5. The number of hydrogen-bond donors (Lipinski definition) is 1. The van der Waals surface area contributed by atoms with Gasteiger partial charge in [-0.3, -0.25) is 19.5 Å². The highest BCUT2D eigenvalue weighted by molar-refractivity contribution is 6.09. The minimum absolute atomic E-state index is 0.374. The molecule has 1 saturated heterocycles. The third-order valence-electron chi connectivity index (χ3n) is 6.76. The van der Waals surface area contributed by atoms with Crippen LogP contribution in [0.3, 0.4) is 0 Å². The zero-order chi connectivity index (χ0) is 25.3. The monoisotopic (exact) mass is 478 g/mol. The number of imide groups is 1. The summed E-state index contributed by atoms with van der Waals surface area (Å²) in [6.45, 7) is 1.30. The number of likely N-dealkylation sites (N-methyl/N-ethyl adjacent to an activating group) is 1. The lowest BCUT2D eigenvalue weighted by atomic mass is 9.90. The van der Waals surface area contributed by atoms with Gasteiger partial charge in [0.25, 0.3) is 5.91 Å². The Morgan fingerprint density at radius 1 is 0.944 bits per heavy atom. The van der Waals surface area contributed by atoms with Crippen molar-refractivity contribution in [1.29, 1.82) is 0 Å². The van der Waals surface area contributed by atoms with E-state index in [0.717, 1.165) is 21.2 Å². The van der Waals surface area contributed by atoms with E-state index in [1.54, 1.807) is 20.2 Å². The SMILES string of the molecule is CN(C(=O)CN1C(=O)NC(C)(c2ccc3ccccc3c2)C1=O)C(c1ccccc1)c1ccccn1. The molecule has 0 aliphatic carbocycles. The number of nitrogens with one attached hydrogen (secondary N) is 1. The summed E-state index contributed by atoms with van der Waals surface area (Å²) in [6.07, 6.45) is 1.68. The molecule has 1 fully saturated rings. The maximum atomic E-state index is 13.5. The van der Waals surface area contributed by atoms with Crippen LogP contribution in [0.5, 0.6) is 0 Å². The molecule has 1 aliphatic rings. The van der Waals surface area contributed by atoms with E-state index in [9.17, 15) is 14.4 Å². The molecule has 0 bridgehead atoms. The second-order valence-corrected chi connectivity index (χ2v) is 9.08. The molecule has 0 radical (unpaired) electrons. The molecular weight excluding hydrogens is 452 g/mol. The van der Waals surface area contributed by atoms with Gasteiger partial charge in [-0.25, -0.2) is 4.79 Å². The molecule has 2 heterocycles. The van der Waals surface area contributed by atoms with Gasteiger partial charge in [0.2, 0.25) is 5.91 Å². The highest BCUT2D eigenvalue weighted by Gasteiger charge is 2.50. The van der Waals surface area contributed by atoms with Crippen molar-refractivity contribution < 1.29 is 14.4 Å². The van der Waals surface area contributed by atoms with Crippen molar-refractivity contribution in [2.24, 2.45) is 0 Å². The third-order valence-corrected chi connectivity index (χ3v) is 6.76. The quantitative estimate of drug-likeness (QED) is 0.420. The van der Waals surface area contributed by atoms with E-state index < -0.39 is 23.5 Å². The predicted octanol–water partition coefficient (Wildman–Crippen LogP) is 4.25. The van der Waals surface area contributed by atoms with Crippen LogP contribution < -0.4 is 5.32 Å². The fourth-order valence-corrected chi connectivity index (χ4v) is 4.69. The lowest BCUT2D eigenvalue weighted by molar-refractivity contribution is -0.139. The van der Waals surface area contributed by atoms with Gasteiger partial charge in [0.05, 0.1) is 11.7 Å². The van der Waals surface area contributed by atoms with Crippen LogP contribution >= 0.6 is 0 Å². The van der Waals surface area contributed by atoms with E-state index in [-0.39, 0.29) is 12.5 Å². The first-order chi connectivity index (χ1) is 17.4. The average molecular weight is 479 g/mol. The molecule has 2 atom stereocenters. The zero-order valence-electron chi connectivity index (χ0n) is 20.1. The van der Waals surface area contributed by atoms with Crippen LogP contribution in [0.1, 0.15) is 29.8 Å². The Morgan fingerprint density at radius 2 is 1.64 bits per heavy atom. The van der Waals surface area contributed by atoms with Gasteiger partial charge in [-0.05, 0) is 47.0 Å². The van der Waals surface area contributed by atoms with Gasteiger partial charge in [0.1, 0.15) is 12.1 Å². The molecule has 1 N–H and O–H groups in total. The van der Waals surface area contributed by atoms with E-state index in [4.69, 9.17) is 0 Å². The number of carbonyl (C=O) groups excluding carboxylic acids is 3. The maximum absolute atomic E-state index is 13.5. The second kappa shape index (κ2) is 9.26. The topological polar surface area (TPSA) is 82.6 Å². The van der Waals surface area contributed by atoms with Gasteiger partial charge in [0.15, 0.2) is 0 Å². The van der Waals surface area contributed by atoms with E-state index >= 15 is 0 Å². The highest BCUT2D eigenvalue weighted by atomic mass is 16.2. The van der Waals surface area contributed by atoms with E-state index in [1.165, 1.54) is 4.90 Å². The molecule has 3 aromatic carbocycles. The van der Waals surface area contributed by atoms with Crippen molar-refractivity contribution in [3.05, 3.63) is 114 Å². The van der Waals surface area contributed by atoms with Crippen molar-refractivity contribution in [2.45, 2.75) is 18.5 Å². The van der Waals surface area contributed by atoms with Crippen LogP contribution in [0, 0.1) is 0 Å². The molecule has 1 aliphatic heterocycles. The van der Waals surface area contributed by atoms with E-state index in [2.05, 4.69) is 10.3 Å². The van der Waals surface area contributed by atoms with Crippen LogP contribution in [0.2, 0.25) is 0 Å². The number of rotatable bonds is 6. The highest BCUT2D eigenvalue weighted by Crippen LogP contribution is 2.32. The van der Waals surface area contributed by atoms with Gasteiger partial charge in [-0.1, -0.05) is 72.8 Å².